The van der Waals surface area contributed by atoms with E-state index in [0.29, 0.717) is 0 Å². The van der Waals surface area contributed by atoms with Crippen molar-refractivity contribution in [1.82, 2.24) is 0 Å². The summed E-state index contributed by atoms with van der Waals surface area (Å²) < 4.78 is 5.49. The smallest absolute Gasteiger partial charge is 0.113 e. The molecule has 1 heterocycles. The topological polar surface area (TPSA) is 69.9 Å². The van der Waals surface area contributed by atoms with Crippen molar-refractivity contribution in [2.75, 3.05) is 0 Å². The maximum absolute atomic E-state index is 9.83. The number of rotatable bonds is 1. The molecule has 0 spiro atoms. The van der Waals surface area contributed by atoms with Crippen LogP contribution >= 0.6 is 0 Å². The molecular weight excluding hydrogens is 208 g/mol. The molecule has 5 atom stereocenters. The molecule has 87 valence electrons. The first-order chi connectivity index (χ1) is 7.61. The van der Waals surface area contributed by atoms with Gasteiger partial charge in [-0.25, -0.2) is 0 Å². The first-order valence-corrected chi connectivity index (χ1v) is 5.27. The Morgan fingerprint density at radius 3 is 2.31 bits per heavy atom. The van der Waals surface area contributed by atoms with E-state index in [9.17, 15) is 15.3 Å². The molecule has 1 unspecified atom stereocenters. The van der Waals surface area contributed by atoms with Crippen LogP contribution in [0.1, 0.15) is 18.6 Å². The standard InChI is InChI=1S/C12H15O4/c1-7-9(13)10(14)11(15)12(16-7)8-5-3-2-4-6-8/h3-7,9-15H,1H3/t7-,9-,10+,11+,12?/m1/s1. The molecule has 1 radical (unpaired) electrons. The fraction of sp³-hybridized carbons (Fsp3) is 0.500. The molecule has 4 heteroatoms. The van der Waals surface area contributed by atoms with Gasteiger partial charge in [0.15, 0.2) is 0 Å². The van der Waals surface area contributed by atoms with E-state index in [-0.39, 0.29) is 0 Å². The monoisotopic (exact) mass is 223 g/mol. The van der Waals surface area contributed by atoms with Crippen LogP contribution in [0.3, 0.4) is 0 Å². The summed E-state index contributed by atoms with van der Waals surface area (Å²) in [5, 5.41) is 29.0. The summed E-state index contributed by atoms with van der Waals surface area (Å²) >= 11 is 0. The molecular formula is C12H15O4. The fourth-order valence-corrected chi connectivity index (χ4v) is 1.92. The van der Waals surface area contributed by atoms with Crippen molar-refractivity contribution in [3.63, 3.8) is 0 Å². The van der Waals surface area contributed by atoms with Crippen LogP contribution < -0.4 is 0 Å². The average molecular weight is 223 g/mol. The van der Waals surface area contributed by atoms with Crippen molar-refractivity contribution in [3.05, 3.63) is 35.9 Å². The van der Waals surface area contributed by atoms with E-state index in [1.807, 2.05) is 0 Å². The first-order valence-electron chi connectivity index (χ1n) is 5.27. The van der Waals surface area contributed by atoms with E-state index in [1.54, 1.807) is 31.2 Å². The lowest BCUT2D eigenvalue weighted by atomic mass is 9.92. The second-order valence-corrected chi connectivity index (χ2v) is 4.07. The Morgan fingerprint density at radius 1 is 1.06 bits per heavy atom. The number of hydrogen-bond donors (Lipinski definition) is 3. The Kier molecular flexibility index (Phi) is 3.25. The average Bonchev–Trinajstić information content (AvgIpc) is 2.32. The zero-order chi connectivity index (χ0) is 11.7. The van der Waals surface area contributed by atoms with Crippen LogP contribution in [0.25, 0.3) is 0 Å². The van der Waals surface area contributed by atoms with E-state index in [2.05, 4.69) is 6.07 Å². The van der Waals surface area contributed by atoms with Crippen LogP contribution in [0.5, 0.6) is 0 Å². The molecule has 2 rings (SSSR count). The normalized spacial score (nSPS) is 39.6. The highest BCUT2D eigenvalue weighted by atomic mass is 16.5. The van der Waals surface area contributed by atoms with Gasteiger partial charge in [-0.3, -0.25) is 0 Å². The molecule has 1 aliphatic heterocycles. The van der Waals surface area contributed by atoms with Crippen LogP contribution in [0, 0.1) is 6.07 Å². The van der Waals surface area contributed by atoms with Gasteiger partial charge in [0.05, 0.1) is 6.10 Å². The molecule has 0 aliphatic carbocycles. The fourth-order valence-electron chi connectivity index (χ4n) is 1.92. The minimum Gasteiger partial charge on any atom is -0.388 e. The minimum atomic E-state index is -1.18. The highest BCUT2D eigenvalue weighted by molar-refractivity contribution is 5.19. The van der Waals surface area contributed by atoms with Crippen LogP contribution in [-0.4, -0.2) is 39.7 Å². The van der Waals surface area contributed by atoms with Crippen molar-refractivity contribution >= 4 is 0 Å². The molecule has 0 saturated carbocycles. The molecule has 1 saturated heterocycles. The molecule has 1 aliphatic rings. The van der Waals surface area contributed by atoms with Crippen LogP contribution in [0.2, 0.25) is 0 Å². The van der Waals surface area contributed by atoms with Gasteiger partial charge in [-0.2, -0.15) is 0 Å². The van der Waals surface area contributed by atoms with Gasteiger partial charge >= 0.3 is 0 Å². The Hall–Kier alpha value is -0.940. The lowest BCUT2D eigenvalue weighted by Gasteiger charge is -2.39. The molecule has 0 bridgehead atoms. The van der Waals surface area contributed by atoms with Crippen molar-refractivity contribution in [2.45, 2.75) is 37.4 Å². The van der Waals surface area contributed by atoms with Gasteiger partial charge < -0.3 is 20.1 Å². The summed E-state index contributed by atoms with van der Waals surface area (Å²) in [7, 11) is 0. The first kappa shape index (κ1) is 11.5. The van der Waals surface area contributed by atoms with Crippen molar-refractivity contribution in [2.24, 2.45) is 0 Å². The van der Waals surface area contributed by atoms with E-state index < -0.39 is 30.5 Å². The number of ether oxygens (including phenoxy) is 1. The maximum Gasteiger partial charge on any atom is 0.113 e. The zero-order valence-corrected chi connectivity index (χ0v) is 8.95. The van der Waals surface area contributed by atoms with E-state index in [0.717, 1.165) is 5.56 Å². The number of aliphatic hydroxyl groups is 3. The Balaban J connectivity index is 2.23. The zero-order valence-electron chi connectivity index (χ0n) is 8.95. The second-order valence-electron chi connectivity index (χ2n) is 4.07. The van der Waals surface area contributed by atoms with Gasteiger partial charge in [-0.15, -0.1) is 0 Å². The quantitative estimate of drug-likeness (QED) is 0.628. The largest absolute Gasteiger partial charge is 0.388 e. The summed E-state index contributed by atoms with van der Waals surface area (Å²) in [4.78, 5) is 0. The molecule has 1 fully saturated rings. The highest BCUT2D eigenvalue weighted by Crippen LogP contribution is 2.31. The molecule has 0 amide bonds. The number of benzene rings is 1. The van der Waals surface area contributed by atoms with Crippen molar-refractivity contribution in [1.29, 1.82) is 0 Å². The summed E-state index contributed by atoms with van der Waals surface area (Å²) in [6, 6.07) is 9.84. The molecule has 16 heavy (non-hydrogen) atoms. The Morgan fingerprint density at radius 2 is 1.69 bits per heavy atom. The van der Waals surface area contributed by atoms with Crippen LogP contribution in [0.4, 0.5) is 0 Å². The molecule has 1 aromatic rings. The number of aliphatic hydroxyl groups excluding tert-OH is 3. The summed E-state index contributed by atoms with van der Waals surface area (Å²) in [6.07, 6.45) is -4.47. The number of hydrogen-bond acceptors (Lipinski definition) is 4. The molecule has 0 aromatic heterocycles. The third-order valence-electron chi connectivity index (χ3n) is 2.92. The van der Waals surface area contributed by atoms with Gasteiger partial charge in [0, 0.05) is 0 Å². The SMILES string of the molecule is C[C@H]1OC(c2cc[c]cc2)[C@@H](O)[C@@H](O)[C@@H]1O. The minimum absolute atomic E-state index is 0.507. The predicted molar refractivity (Wildman–Crippen MR) is 56.6 cm³/mol. The maximum atomic E-state index is 9.83. The molecule has 3 N–H and O–H groups in total. The summed E-state index contributed by atoms with van der Waals surface area (Å²) in [6.45, 7) is 1.67. The third kappa shape index (κ3) is 1.97. The lowest BCUT2D eigenvalue weighted by molar-refractivity contribution is -0.219. The van der Waals surface area contributed by atoms with Crippen molar-refractivity contribution in [3.8, 4) is 0 Å². The van der Waals surface area contributed by atoms with Crippen LogP contribution in [0.15, 0.2) is 24.3 Å². The van der Waals surface area contributed by atoms with Gasteiger partial charge in [-0.05, 0) is 18.6 Å². The van der Waals surface area contributed by atoms with Crippen molar-refractivity contribution < 1.29 is 20.1 Å². The van der Waals surface area contributed by atoms with E-state index in [1.165, 1.54) is 0 Å². The van der Waals surface area contributed by atoms with E-state index in [4.69, 9.17) is 4.74 Å². The molecule has 1 aromatic carbocycles. The second kappa shape index (κ2) is 4.51. The van der Waals surface area contributed by atoms with Gasteiger partial charge in [0.1, 0.15) is 24.4 Å². The summed E-state index contributed by atoms with van der Waals surface area (Å²) in [5.41, 5.74) is 0.768. The van der Waals surface area contributed by atoms with Gasteiger partial charge in [0.25, 0.3) is 0 Å². The highest BCUT2D eigenvalue weighted by Gasteiger charge is 2.42. The Bertz CT molecular complexity index is 340. The van der Waals surface area contributed by atoms with Gasteiger partial charge in [0.2, 0.25) is 0 Å². The molecule has 4 nitrogen and oxygen atoms in total. The third-order valence-corrected chi connectivity index (χ3v) is 2.92. The predicted octanol–water partition coefficient (Wildman–Crippen LogP) is 0.0293. The van der Waals surface area contributed by atoms with Crippen LogP contribution in [-0.2, 0) is 4.74 Å². The van der Waals surface area contributed by atoms with E-state index >= 15 is 0 Å². The lowest BCUT2D eigenvalue weighted by Crippen LogP contribution is -2.53. The Labute approximate surface area is 94.1 Å². The summed E-state index contributed by atoms with van der Waals surface area (Å²) in [5.74, 6) is 0. The van der Waals surface area contributed by atoms with Gasteiger partial charge in [-0.1, -0.05) is 24.3 Å².